The predicted octanol–water partition coefficient (Wildman–Crippen LogP) is 2.48. The molecule has 0 saturated heterocycles. The van der Waals surface area contributed by atoms with E-state index in [-0.39, 0.29) is 0 Å². The summed E-state index contributed by atoms with van der Waals surface area (Å²) in [6.07, 6.45) is 11.5. The molecule has 1 aliphatic carbocycles. The Balaban J connectivity index is 1.87. The molecule has 2 rings (SSSR count). The number of imidazole rings is 1. The second-order valence-electron chi connectivity index (χ2n) is 4.63. The van der Waals surface area contributed by atoms with E-state index >= 15 is 0 Å². The molecule has 0 bridgehead atoms. The second kappa shape index (κ2) is 5.14. The Morgan fingerprint density at radius 2 is 2.38 bits per heavy atom. The number of hydrogen-bond acceptors (Lipinski definition) is 2. The molecule has 1 aliphatic rings. The molecular formula is C12H18N2O2. The Hall–Kier alpha value is -1.32. The lowest BCUT2D eigenvalue weighted by molar-refractivity contribution is -0.137. The molecule has 0 aromatic carbocycles. The van der Waals surface area contributed by atoms with E-state index in [1.807, 2.05) is 12.5 Å². The molecule has 1 N–H and O–H groups in total. The second-order valence-corrected chi connectivity index (χ2v) is 4.63. The first-order valence-corrected chi connectivity index (χ1v) is 5.95. The summed E-state index contributed by atoms with van der Waals surface area (Å²) in [6.45, 7) is 0. The molecule has 2 atom stereocenters. The number of carbonyl (C=O) groups is 1. The third kappa shape index (κ3) is 2.84. The van der Waals surface area contributed by atoms with E-state index in [2.05, 4.69) is 9.55 Å². The van der Waals surface area contributed by atoms with Gasteiger partial charge in [0.1, 0.15) is 0 Å². The number of carboxylic acids is 1. The van der Waals surface area contributed by atoms with Gasteiger partial charge in [-0.25, -0.2) is 4.98 Å². The molecule has 0 amide bonds. The average molecular weight is 222 g/mol. The van der Waals surface area contributed by atoms with Gasteiger partial charge >= 0.3 is 5.97 Å². The lowest BCUT2D eigenvalue weighted by Crippen LogP contribution is -2.19. The standard InChI is InChI=1S/C12H18N2O2/c15-12(16)5-4-10-2-1-3-11(8-10)14-7-6-13-9-14/h6-7,9-11H,1-5,8H2,(H,15,16). The van der Waals surface area contributed by atoms with Gasteiger partial charge in [-0.05, 0) is 25.2 Å². The van der Waals surface area contributed by atoms with Crippen molar-refractivity contribution in [1.29, 1.82) is 0 Å². The zero-order valence-corrected chi connectivity index (χ0v) is 9.38. The summed E-state index contributed by atoms with van der Waals surface area (Å²) >= 11 is 0. The highest BCUT2D eigenvalue weighted by Gasteiger charge is 2.23. The van der Waals surface area contributed by atoms with E-state index in [1.54, 1.807) is 6.20 Å². The summed E-state index contributed by atoms with van der Waals surface area (Å²) < 4.78 is 2.16. The van der Waals surface area contributed by atoms with Gasteiger partial charge in [0, 0.05) is 24.9 Å². The maximum atomic E-state index is 10.5. The lowest BCUT2D eigenvalue weighted by atomic mass is 9.83. The summed E-state index contributed by atoms with van der Waals surface area (Å²) in [7, 11) is 0. The molecule has 1 fully saturated rings. The molecule has 0 spiro atoms. The van der Waals surface area contributed by atoms with E-state index < -0.39 is 5.97 Å². The lowest BCUT2D eigenvalue weighted by Gasteiger charge is -2.29. The molecule has 4 heteroatoms. The normalized spacial score (nSPS) is 25.5. The Labute approximate surface area is 95.3 Å². The molecule has 88 valence electrons. The molecule has 0 radical (unpaired) electrons. The fourth-order valence-electron chi connectivity index (χ4n) is 2.61. The van der Waals surface area contributed by atoms with E-state index in [0.717, 1.165) is 12.8 Å². The minimum absolute atomic E-state index is 0.307. The number of aromatic nitrogens is 2. The third-order valence-corrected chi connectivity index (χ3v) is 3.47. The SMILES string of the molecule is O=C(O)CCC1CCCC(n2ccnc2)C1. The Morgan fingerprint density at radius 3 is 3.06 bits per heavy atom. The molecule has 1 aromatic rings. The molecule has 4 nitrogen and oxygen atoms in total. The molecule has 16 heavy (non-hydrogen) atoms. The first-order valence-electron chi connectivity index (χ1n) is 5.95. The Kier molecular flexibility index (Phi) is 3.59. The van der Waals surface area contributed by atoms with Crippen LogP contribution in [0.15, 0.2) is 18.7 Å². The van der Waals surface area contributed by atoms with Crippen molar-refractivity contribution in [2.45, 2.75) is 44.6 Å². The van der Waals surface area contributed by atoms with Gasteiger partial charge in [0.25, 0.3) is 0 Å². The number of carboxylic acid groups (broad SMARTS) is 1. The topological polar surface area (TPSA) is 55.1 Å². The van der Waals surface area contributed by atoms with Crippen molar-refractivity contribution in [2.75, 3.05) is 0 Å². The van der Waals surface area contributed by atoms with Gasteiger partial charge in [-0.15, -0.1) is 0 Å². The summed E-state index contributed by atoms with van der Waals surface area (Å²) in [4.78, 5) is 14.6. The van der Waals surface area contributed by atoms with Gasteiger partial charge < -0.3 is 9.67 Å². The van der Waals surface area contributed by atoms with E-state index in [1.165, 1.54) is 19.3 Å². The summed E-state index contributed by atoms with van der Waals surface area (Å²) in [5, 5.41) is 8.68. The van der Waals surface area contributed by atoms with Crippen LogP contribution in [0.1, 0.15) is 44.6 Å². The monoisotopic (exact) mass is 222 g/mol. The predicted molar refractivity (Wildman–Crippen MR) is 60.1 cm³/mol. The first-order chi connectivity index (χ1) is 7.75. The first kappa shape index (κ1) is 11.2. The van der Waals surface area contributed by atoms with Crippen LogP contribution in [-0.2, 0) is 4.79 Å². The van der Waals surface area contributed by atoms with Crippen LogP contribution < -0.4 is 0 Å². The highest BCUT2D eigenvalue weighted by molar-refractivity contribution is 5.66. The van der Waals surface area contributed by atoms with Gasteiger partial charge in [0.2, 0.25) is 0 Å². The van der Waals surface area contributed by atoms with Gasteiger partial charge in [-0.1, -0.05) is 12.8 Å². The van der Waals surface area contributed by atoms with E-state index in [0.29, 0.717) is 18.4 Å². The van der Waals surface area contributed by atoms with Crippen LogP contribution in [0.5, 0.6) is 0 Å². The third-order valence-electron chi connectivity index (χ3n) is 3.47. The van der Waals surface area contributed by atoms with E-state index in [4.69, 9.17) is 5.11 Å². The molecule has 0 aliphatic heterocycles. The minimum Gasteiger partial charge on any atom is -0.481 e. The van der Waals surface area contributed by atoms with Crippen molar-refractivity contribution in [2.24, 2.45) is 5.92 Å². The highest BCUT2D eigenvalue weighted by atomic mass is 16.4. The quantitative estimate of drug-likeness (QED) is 0.851. The maximum absolute atomic E-state index is 10.5. The van der Waals surface area contributed by atoms with Crippen molar-refractivity contribution in [3.05, 3.63) is 18.7 Å². The van der Waals surface area contributed by atoms with Crippen molar-refractivity contribution in [1.82, 2.24) is 9.55 Å². The Morgan fingerprint density at radius 1 is 1.50 bits per heavy atom. The molecule has 1 heterocycles. The summed E-state index contributed by atoms with van der Waals surface area (Å²) in [6, 6.07) is 0.523. The fourth-order valence-corrected chi connectivity index (χ4v) is 2.61. The van der Waals surface area contributed by atoms with Crippen LogP contribution >= 0.6 is 0 Å². The Bertz CT molecular complexity index is 335. The van der Waals surface area contributed by atoms with Crippen molar-refractivity contribution >= 4 is 5.97 Å². The van der Waals surface area contributed by atoms with Gasteiger partial charge in [0.15, 0.2) is 0 Å². The van der Waals surface area contributed by atoms with Crippen LogP contribution in [0.4, 0.5) is 0 Å². The fraction of sp³-hybridized carbons (Fsp3) is 0.667. The molecule has 1 saturated carbocycles. The van der Waals surface area contributed by atoms with Gasteiger partial charge in [-0.3, -0.25) is 4.79 Å². The van der Waals surface area contributed by atoms with Crippen molar-refractivity contribution in [3.8, 4) is 0 Å². The van der Waals surface area contributed by atoms with Crippen LogP contribution in [0.2, 0.25) is 0 Å². The zero-order valence-electron chi connectivity index (χ0n) is 9.38. The highest BCUT2D eigenvalue weighted by Crippen LogP contribution is 2.34. The number of hydrogen-bond donors (Lipinski definition) is 1. The van der Waals surface area contributed by atoms with Crippen molar-refractivity contribution < 1.29 is 9.90 Å². The van der Waals surface area contributed by atoms with Gasteiger partial charge in [-0.2, -0.15) is 0 Å². The molecule has 2 unspecified atom stereocenters. The summed E-state index contributed by atoms with van der Waals surface area (Å²) in [5.74, 6) is -0.109. The van der Waals surface area contributed by atoms with Crippen LogP contribution in [-0.4, -0.2) is 20.6 Å². The van der Waals surface area contributed by atoms with Crippen molar-refractivity contribution in [3.63, 3.8) is 0 Å². The number of aliphatic carboxylic acids is 1. The zero-order chi connectivity index (χ0) is 11.4. The van der Waals surface area contributed by atoms with Crippen LogP contribution in [0.25, 0.3) is 0 Å². The minimum atomic E-state index is -0.676. The maximum Gasteiger partial charge on any atom is 0.303 e. The van der Waals surface area contributed by atoms with Crippen LogP contribution in [0.3, 0.4) is 0 Å². The van der Waals surface area contributed by atoms with Gasteiger partial charge in [0.05, 0.1) is 6.33 Å². The smallest absolute Gasteiger partial charge is 0.303 e. The molecular weight excluding hydrogens is 204 g/mol. The largest absolute Gasteiger partial charge is 0.481 e. The van der Waals surface area contributed by atoms with Crippen LogP contribution in [0, 0.1) is 5.92 Å². The number of nitrogens with zero attached hydrogens (tertiary/aromatic N) is 2. The average Bonchev–Trinajstić information content (AvgIpc) is 2.80. The molecule has 1 aromatic heterocycles. The summed E-state index contributed by atoms with van der Waals surface area (Å²) in [5.41, 5.74) is 0. The van der Waals surface area contributed by atoms with E-state index in [9.17, 15) is 4.79 Å². The number of rotatable bonds is 4.